The summed E-state index contributed by atoms with van der Waals surface area (Å²) in [4.78, 5) is 37.9. The highest BCUT2D eigenvalue weighted by molar-refractivity contribution is 5.71. The average molecular weight is 835 g/mol. The standard InChI is InChI=1S/C53H102O6/c1-6-7-8-9-10-11-12-17-25-30-35-40-45-53(56)59-50(47-58-52(55)44-39-34-29-24-20-19-22-27-32-37-42-49(4)5)46-57-51(54)43-38-33-28-23-18-15-13-14-16-21-26-31-36-41-48(2)3/h48-50H,6-47H2,1-5H3/t50-/m0/s1. The zero-order chi connectivity index (χ0) is 43.3. The number of rotatable bonds is 47. The van der Waals surface area contributed by atoms with E-state index in [1.165, 1.54) is 180 Å². The Hall–Kier alpha value is -1.59. The Balaban J connectivity index is 4.30. The van der Waals surface area contributed by atoms with Crippen LogP contribution in [0.4, 0.5) is 0 Å². The van der Waals surface area contributed by atoms with Gasteiger partial charge in [0.1, 0.15) is 13.2 Å². The lowest BCUT2D eigenvalue weighted by Gasteiger charge is -2.18. The average Bonchev–Trinajstić information content (AvgIpc) is 3.20. The number of unbranched alkanes of at least 4 members (excludes halogenated alkanes) is 32. The molecule has 0 aromatic rings. The molecule has 0 N–H and O–H groups in total. The van der Waals surface area contributed by atoms with Crippen LogP contribution in [-0.2, 0) is 28.6 Å². The normalized spacial score (nSPS) is 12.1. The van der Waals surface area contributed by atoms with Gasteiger partial charge in [-0.25, -0.2) is 0 Å². The van der Waals surface area contributed by atoms with Gasteiger partial charge in [0.2, 0.25) is 0 Å². The number of carbonyl (C=O) groups excluding carboxylic acids is 3. The van der Waals surface area contributed by atoms with Crippen molar-refractivity contribution >= 4 is 17.9 Å². The summed E-state index contributed by atoms with van der Waals surface area (Å²) in [5, 5.41) is 0. The summed E-state index contributed by atoms with van der Waals surface area (Å²) >= 11 is 0. The Kier molecular flexibility index (Phi) is 44.7. The fraction of sp³-hybridized carbons (Fsp3) is 0.943. The first-order valence-electron chi connectivity index (χ1n) is 26.2. The lowest BCUT2D eigenvalue weighted by Crippen LogP contribution is -2.30. The second-order valence-electron chi connectivity index (χ2n) is 19.1. The molecular weight excluding hydrogens is 733 g/mol. The molecule has 0 aromatic carbocycles. The number of ether oxygens (including phenoxy) is 3. The number of esters is 3. The molecular formula is C53H102O6. The van der Waals surface area contributed by atoms with Crippen LogP contribution in [0.5, 0.6) is 0 Å². The molecule has 0 saturated carbocycles. The van der Waals surface area contributed by atoms with Crippen molar-refractivity contribution in [3.05, 3.63) is 0 Å². The molecule has 0 bridgehead atoms. The predicted octanol–water partition coefficient (Wildman–Crippen LogP) is 16.9. The van der Waals surface area contributed by atoms with Crippen LogP contribution >= 0.6 is 0 Å². The number of hydrogen-bond donors (Lipinski definition) is 0. The van der Waals surface area contributed by atoms with Crippen molar-refractivity contribution in [1.29, 1.82) is 0 Å². The first-order chi connectivity index (χ1) is 28.7. The van der Waals surface area contributed by atoms with Gasteiger partial charge in [0, 0.05) is 19.3 Å². The van der Waals surface area contributed by atoms with E-state index in [0.717, 1.165) is 69.6 Å². The molecule has 0 fully saturated rings. The Bertz CT molecular complexity index is 900. The van der Waals surface area contributed by atoms with Crippen LogP contribution in [0.15, 0.2) is 0 Å². The minimum absolute atomic E-state index is 0.0635. The van der Waals surface area contributed by atoms with Gasteiger partial charge in [0.25, 0.3) is 0 Å². The highest BCUT2D eigenvalue weighted by Crippen LogP contribution is 2.17. The van der Waals surface area contributed by atoms with Crippen molar-refractivity contribution in [1.82, 2.24) is 0 Å². The smallest absolute Gasteiger partial charge is 0.306 e. The maximum atomic E-state index is 12.8. The van der Waals surface area contributed by atoms with Gasteiger partial charge < -0.3 is 14.2 Å². The molecule has 350 valence electrons. The van der Waals surface area contributed by atoms with E-state index in [-0.39, 0.29) is 31.1 Å². The zero-order valence-electron chi connectivity index (χ0n) is 40.4. The molecule has 0 amide bonds. The molecule has 0 aliphatic carbocycles. The third-order valence-corrected chi connectivity index (χ3v) is 12.0. The molecule has 6 nitrogen and oxygen atoms in total. The third kappa shape index (κ3) is 47.3. The summed E-state index contributed by atoms with van der Waals surface area (Å²) in [6, 6.07) is 0. The van der Waals surface area contributed by atoms with Crippen molar-refractivity contribution in [3.63, 3.8) is 0 Å². The summed E-state index contributed by atoms with van der Waals surface area (Å²) in [6.45, 7) is 11.4. The SMILES string of the molecule is CCCCCCCCCCCCCCC(=O)O[C@@H](COC(=O)CCCCCCCCCCCCCCCC(C)C)COC(=O)CCCCCCCCCCCCC(C)C. The monoisotopic (exact) mass is 835 g/mol. The van der Waals surface area contributed by atoms with Crippen LogP contribution in [0.25, 0.3) is 0 Å². The molecule has 0 saturated heterocycles. The summed E-state index contributed by atoms with van der Waals surface area (Å²) in [5.41, 5.74) is 0. The van der Waals surface area contributed by atoms with Gasteiger partial charge in [-0.15, -0.1) is 0 Å². The molecule has 0 aromatic heterocycles. The molecule has 59 heavy (non-hydrogen) atoms. The third-order valence-electron chi connectivity index (χ3n) is 12.0. The zero-order valence-corrected chi connectivity index (χ0v) is 40.4. The van der Waals surface area contributed by atoms with E-state index in [1.807, 2.05) is 0 Å². The van der Waals surface area contributed by atoms with Gasteiger partial charge >= 0.3 is 17.9 Å². The first kappa shape index (κ1) is 57.4. The van der Waals surface area contributed by atoms with Gasteiger partial charge in [-0.05, 0) is 31.1 Å². The minimum Gasteiger partial charge on any atom is -0.462 e. The second-order valence-corrected chi connectivity index (χ2v) is 19.1. The van der Waals surface area contributed by atoms with Crippen LogP contribution in [0.3, 0.4) is 0 Å². The van der Waals surface area contributed by atoms with E-state index in [9.17, 15) is 14.4 Å². The summed E-state index contributed by atoms with van der Waals surface area (Å²) in [5.74, 6) is 0.811. The minimum atomic E-state index is -0.761. The quantitative estimate of drug-likeness (QED) is 0.0345. The number of hydrogen-bond acceptors (Lipinski definition) is 6. The van der Waals surface area contributed by atoms with Crippen LogP contribution in [0, 0.1) is 11.8 Å². The van der Waals surface area contributed by atoms with Gasteiger partial charge in [-0.1, -0.05) is 253 Å². The van der Waals surface area contributed by atoms with E-state index < -0.39 is 6.10 Å². The van der Waals surface area contributed by atoms with E-state index in [4.69, 9.17) is 14.2 Å². The molecule has 6 heteroatoms. The Morgan fingerprint density at radius 3 is 0.831 bits per heavy atom. The highest BCUT2D eigenvalue weighted by atomic mass is 16.6. The highest BCUT2D eigenvalue weighted by Gasteiger charge is 2.19. The molecule has 0 heterocycles. The predicted molar refractivity (Wildman–Crippen MR) is 252 cm³/mol. The van der Waals surface area contributed by atoms with Crippen LogP contribution in [0.1, 0.15) is 291 Å². The van der Waals surface area contributed by atoms with Gasteiger partial charge in [-0.2, -0.15) is 0 Å². The Labute approximate surface area is 368 Å². The maximum Gasteiger partial charge on any atom is 0.306 e. The molecule has 0 spiro atoms. The summed E-state index contributed by atoms with van der Waals surface area (Å²) in [6.07, 6.45) is 46.6. The second kappa shape index (κ2) is 45.9. The van der Waals surface area contributed by atoms with Crippen molar-refractivity contribution in [2.75, 3.05) is 13.2 Å². The molecule has 0 aliphatic rings. The van der Waals surface area contributed by atoms with Gasteiger partial charge in [0.15, 0.2) is 6.10 Å². The largest absolute Gasteiger partial charge is 0.462 e. The lowest BCUT2D eigenvalue weighted by molar-refractivity contribution is -0.167. The molecule has 0 unspecified atom stereocenters. The van der Waals surface area contributed by atoms with Gasteiger partial charge in [0.05, 0.1) is 0 Å². The summed E-state index contributed by atoms with van der Waals surface area (Å²) < 4.78 is 16.8. The number of carbonyl (C=O) groups is 3. The van der Waals surface area contributed by atoms with Crippen LogP contribution in [0.2, 0.25) is 0 Å². The van der Waals surface area contributed by atoms with Gasteiger partial charge in [-0.3, -0.25) is 14.4 Å². The van der Waals surface area contributed by atoms with Crippen molar-refractivity contribution in [2.24, 2.45) is 11.8 Å². The summed E-state index contributed by atoms with van der Waals surface area (Å²) in [7, 11) is 0. The Morgan fingerprint density at radius 2 is 0.559 bits per heavy atom. The fourth-order valence-electron chi connectivity index (χ4n) is 7.99. The van der Waals surface area contributed by atoms with Crippen molar-refractivity contribution in [3.8, 4) is 0 Å². The Morgan fingerprint density at radius 1 is 0.322 bits per heavy atom. The lowest BCUT2D eigenvalue weighted by atomic mass is 10.0. The molecule has 0 rings (SSSR count). The molecule has 0 radical (unpaired) electrons. The topological polar surface area (TPSA) is 78.9 Å². The molecule has 0 aliphatic heterocycles. The molecule has 1 atom stereocenters. The van der Waals surface area contributed by atoms with Crippen LogP contribution in [-0.4, -0.2) is 37.2 Å². The van der Waals surface area contributed by atoms with E-state index in [0.29, 0.717) is 19.3 Å². The van der Waals surface area contributed by atoms with Crippen molar-refractivity contribution < 1.29 is 28.6 Å². The van der Waals surface area contributed by atoms with E-state index >= 15 is 0 Å². The van der Waals surface area contributed by atoms with Crippen LogP contribution < -0.4 is 0 Å². The first-order valence-corrected chi connectivity index (χ1v) is 26.2. The van der Waals surface area contributed by atoms with E-state index in [1.54, 1.807) is 0 Å². The maximum absolute atomic E-state index is 12.8. The van der Waals surface area contributed by atoms with E-state index in [2.05, 4.69) is 34.6 Å². The van der Waals surface area contributed by atoms with Crippen molar-refractivity contribution in [2.45, 2.75) is 298 Å². The fourth-order valence-corrected chi connectivity index (χ4v) is 7.99.